The van der Waals surface area contributed by atoms with Crippen molar-refractivity contribution in [2.75, 3.05) is 5.75 Å². The summed E-state index contributed by atoms with van der Waals surface area (Å²) in [5.74, 6) is 1.47. The van der Waals surface area contributed by atoms with Crippen LogP contribution in [0.2, 0.25) is 0 Å². The summed E-state index contributed by atoms with van der Waals surface area (Å²) in [5.41, 5.74) is 6.80. The SMILES string of the molecule is CC(N)CCSCc1nc2ccccn2c1[N+](=O)[O-]. The third kappa shape index (κ3) is 3.24. The lowest BCUT2D eigenvalue weighted by atomic mass is 10.3. The summed E-state index contributed by atoms with van der Waals surface area (Å²) in [6.07, 6.45) is 2.56. The first-order valence-corrected chi connectivity index (χ1v) is 7.18. The second-order valence-corrected chi connectivity index (χ2v) is 5.49. The van der Waals surface area contributed by atoms with Gasteiger partial charge in [-0.1, -0.05) is 6.07 Å². The standard InChI is InChI=1S/C12H16N4O2S/c1-9(13)5-7-19-8-10-12(16(17)18)15-6-3-2-4-11(15)14-10/h2-4,6,9H,5,7-8,13H2,1H3. The highest BCUT2D eigenvalue weighted by Gasteiger charge is 2.21. The molecule has 0 spiro atoms. The van der Waals surface area contributed by atoms with Crippen molar-refractivity contribution in [3.63, 3.8) is 0 Å². The van der Waals surface area contributed by atoms with Gasteiger partial charge in [0, 0.05) is 17.9 Å². The Morgan fingerprint density at radius 2 is 2.37 bits per heavy atom. The topological polar surface area (TPSA) is 86.5 Å². The first-order chi connectivity index (χ1) is 9.09. The predicted octanol–water partition coefficient (Wildman–Crippen LogP) is 2.21. The van der Waals surface area contributed by atoms with Crippen molar-refractivity contribution in [2.24, 2.45) is 5.73 Å². The Morgan fingerprint density at radius 1 is 1.58 bits per heavy atom. The van der Waals surface area contributed by atoms with E-state index in [0.29, 0.717) is 17.1 Å². The predicted molar refractivity (Wildman–Crippen MR) is 76.3 cm³/mol. The van der Waals surface area contributed by atoms with Gasteiger partial charge in [-0.2, -0.15) is 16.2 Å². The Balaban J connectivity index is 2.17. The van der Waals surface area contributed by atoms with E-state index >= 15 is 0 Å². The highest BCUT2D eigenvalue weighted by Crippen LogP contribution is 2.24. The molecule has 7 heteroatoms. The van der Waals surface area contributed by atoms with Crippen LogP contribution in [0.1, 0.15) is 19.0 Å². The molecule has 0 saturated heterocycles. The van der Waals surface area contributed by atoms with Crippen LogP contribution in [0.15, 0.2) is 24.4 Å². The van der Waals surface area contributed by atoms with Crippen LogP contribution < -0.4 is 5.73 Å². The molecule has 1 unspecified atom stereocenters. The van der Waals surface area contributed by atoms with E-state index in [1.54, 1.807) is 30.1 Å². The number of hydrogen-bond acceptors (Lipinski definition) is 5. The molecule has 0 radical (unpaired) electrons. The van der Waals surface area contributed by atoms with E-state index in [1.165, 1.54) is 4.40 Å². The zero-order valence-electron chi connectivity index (χ0n) is 10.7. The molecule has 1 atom stereocenters. The lowest BCUT2D eigenvalue weighted by Gasteiger charge is -2.03. The molecule has 2 aromatic rings. The lowest BCUT2D eigenvalue weighted by molar-refractivity contribution is -0.391. The number of hydrogen-bond donors (Lipinski definition) is 1. The highest BCUT2D eigenvalue weighted by atomic mass is 32.2. The summed E-state index contributed by atoms with van der Waals surface area (Å²) >= 11 is 1.62. The van der Waals surface area contributed by atoms with Crippen LogP contribution in [-0.2, 0) is 5.75 Å². The van der Waals surface area contributed by atoms with E-state index in [2.05, 4.69) is 4.98 Å². The van der Waals surface area contributed by atoms with Crippen LogP contribution in [0.3, 0.4) is 0 Å². The molecule has 0 aliphatic rings. The zero-order valence-corrected chi connectivity index (χ0v) is 11.5. The number of rotatable bonds is 6. The van der Waals surface area contributed by atoms with Crippen molar-refractivity contribution in [3.8, 4) is 0 Å². The van der Waals surface area contributed by atoms with E-state index in [9.17, 15) is 10.1 Å². The number of pyridine rings is 1. The Labute approximate surface area is 115 Å². The summed E-state index contributed by atoms with van der Waals surface area (Å²) in [7, 11) is 0. The van der Waals surface area contributed by atoms with E-state index in [4.69, 9.17) is 5.73 Å². The molecule has 0 bridgehead atoms. The molecule has 0 saturated carbocycles. The number of nitro groups is 1. The molecular formula is C12H16N4O2S. The summed E-state index contributed by atoms with van der Waals surface area (Å²) in [4.78, 5) is 15.1. The van der Waals surface area contributed by atoms with Crippen molar-refractivity contribution < 1.29 is 4.92 Å². The minimum absolute atomic E-state index is 0.0592. The molecule has 2 aromatic heterocycles. The van der Waals surface area contributed by atoms with Crippen LogP contribution in [0, 0.1) is 10.1 Å². The van der Waals surface area contributed by atoms with Crippen molar-refractivity contribution in [1.82, 2.24) is 9.38 Å². The van der Waals surface area contributed by atoms with Gasteiger partial charge in [-0.25, -0.2) is 4.98 Å². The maximum atomic E-state index is 11.2. The molecule has 102 valence electrons. The lowest BCUT2D eigenvalue weighted by Crippen LogP contribution is -2.15. The van der Waals surface area contributed by atoms with Crippen molar-refractivity contribution >= 4 is 23.2 Å². The molecule has 2 N–H and O–H groups in total. The number of fused-ring (bicyclic) bond motifs is 1. The highest BCUT2D eigenvalue weighted by molar-refractivity contribution is 7.98. The number of imidazole rings is 1. The molecule has 6 nitrogen and oxygen atoms in total. The molecular weight excluding hydrogens is 264 g/mol. The second-order valence-electron chi connectivity index (χ2n) is 4.39. The summed E-state index contributed by atoms with van der Waals surface area (Å²) in [5, 5.41) is 11.2. The molecule has 19 heavy (non-hydrogen) atoms. The average molecular weight is 280 g/mol. The number of nitrogens with two attached hydrogens (primary N) is 1. The maximum absolute atomic E-state index is 11.2. The van der Waals surface area contributed by atoms with Crippen molar-refractivity contribution in [2.45, 2.75) is 25.1 Å². The Morgan fingerprint density at radius 3 is 3.05 bits per heavy atom. The van der Waals surface area contributed by atoms with Crippen LogP contribution in [0.4, 0.5) is 5.82 Å². The van der Waals surface area contributed by atoms with Gasteiger partial charge < -0.3 is 15.8 Å². The van der Waals surface area contributed by atoms with Gasteiger partial charge in [0.25, 0.3) is 0 Å². The third-order valence-electron chi connectivity index (χ3n) is 2.70. The smallest absolute Gasteiger partial charge is 0.351 e. The fourth-order valence-corrected chi connectivity index (χ4v) is 2.83. The number of thioether (sulfide) groups is 1. The Bertz CT molecular complexity index is 582. The van der Waals surface area contributed by atoms with Crippen molar-refractivity contribution in [3.05, 3.63) is 40.2 Å². The average Bonchev–Trinajstić information content (AvgIpc) is 2.72. The first kappa shape index (κ1) is 13.8. The summed E-state index contributed by atoms with van der Waals surface area (Å²) in [6, 6.07) is 5.50. The fraction of sp³-hybridized carbons (Fsp3) is 0.417. The largest absolute Gasteiger partial charge is 0.358 e. The quantitative estimate of drug-likeness (QED) is 0.498. The number of nitrogens with zero attached hydrogens (tertiary/aromatic N) is 3. The van der Waals surface area contributed by atoms with E-state index in [-0.39, 0.29) is 16.8 Å². The van der Waals surface area contributed by atoms with Crippen LogP contribution in [0.25, 0.3) is 5.65 Å². The number of aromatic nitrogens is 2. The molecule has 0 aromatic carbocycles. The van der Waals surface area contributed by atoms with Crippen LogP contribution in [0.5, 0.6) is 0 Å². The molecule has 0 aliphatic heterocycles. The van der Waals surface area contributed by atoms with Crippen LogP contribution in [-0.4, -0.2) is 26.1 Å². The van der Waals surface area contributed by atoms with Crippen molar-refractivity contribution in [1.29, 1.82) is 0 Å². The van der Waals surface area contributed by atoms with Gasteiger partial charge in [0.1, 0.15) is 5.69 Å². The molecule has 0 aliphatic carbocycles. The maximum Gasteiger partial charge on any atom is 0.351 e. The normalized spacial score (nSPS) is 12.7. The van der Waals surface area contributed by atoms with Gasteiger partial charge in [-0.3, -0.25) is 0 Å². The van der Waals surface area contributed by atoms with Gasteiger partial charge in [-0.15, -0.1) is 0 Å². The molecule has 2 rings (SSSR count). The fourth-order valence-electron chi connectivity index (χ4n) is 1.76. The van der Waals surface area contributed by atoms with E-state index in [1.807, 2.05) is 13.0 Å². The van der Waals surface area contributed by atoms with Gasteiger partial charge >= 0.3 is 5.82 Å². The van der Waals surface area contributed by atoms with E-state index < -0.39 is 0 Å². The zero-order chi connectivity index (χ0) is 13.8. The second kappa shape index (κ2) is 6.03. The van der Waals surface area contributed by atoms with Gasteiger partial charge in [-0.05, 0) is 30.1 Å². The van der Waals surface area contributed by atoms with Crippen LogP contribution >= 0.6 is 11.8 Å². The third-order valence-corrected chi connectivity index (χ3v) is 3.71. The van der Waals surface area contributed by atoms with Gasteiger partial charge in [0.05, 0.1) is 6.20 Å². The Hall–Kier alpha value is -1.60. The first-order valence-electron chi connectivity index (χ1n) is 6.03. The van der Waals surface area contributed by atoms with Gasteiger partial charge in [0.2, 0.25) is 5.65 Å². The summed E-state index contributed by atoms with van der Waals surface area (Å²) < 4.78 is 1.52. The van der Waals surface area contributed by atoms with E-state index in [0.717, 1.165) is 12.2 Å². The monoisotopic (exact) mass is 280 g/mol. The Kier molecular flexibility index (Phi) is 4.39. The molecule has 0 fully saturated rings. The minimum atomic E-state index is -0.374. The van der Waals surface area contributed by atoms with Gasteiger partial charge in [0.15, 0.2) is 0 Å². The summed E-state index contributed by atoms with van der Waals surface area (Å²) in [6.45, 7) is 1.95. The molecule has 2 heterocycles. The minimum Gasteiger partial charge on any atom is -0.358 e. The molecule has 0 amide bonds.